The highest BCUT2D eigenvalue weighted by Crippen LogP contribution is 2.63. The van der Waals surface area contributed by atoms with E-state index in [0.29, 0.717) is 0 Å². The number of alkyl halides is 17. The lowest BCUT2D eigenvalue weighted by molar-refractivity contribution is -0.597. The van der Waals surface area contributed by atoms with E-state index in [-0.39, 0.29) is 0 Å². The fraction of sp³-hybridized carbons (Fsp3) is 1.00. The molecule has 0 atom stereocenters. The third-order valence-electron chi connectivity index (χ3n) is 3.92. The van der Waals surface area contributed by atoms with Crippen LogP contribution in [0, 0.1) is 0 Å². The molecule has 0 aliphatic rings. The molecule has 0 saturated heterocycles. The van der Waals surface area contributed by atoms with Crippen molar-refractivity contribution in [2.45, 2.75) is 72.6 Å². The lowest BCUT2D eigenvalue weighted by atomic mass is 9.89. The first-order valence-corrected chi connectivity index (χ1v) is 10.2. The Labute approximate surface area is 190 Å². The van der Waals surface area contributed by atoms with Gasteiger partial charge in [-0.25, -0.2) is 8.42 Å². The van der Waals surface area contributed by atoms with Crippen LogP contribution < -0.4 is 5.32 Å². The molecule has 0 heterocycles. The minimum Gasteiger partial charge on any atom is -0.743 e. The summed E-state index contributed by atoms with van der Waals surface area (Å²) in [5.74, 6) is -48.3. The van der Waals surface area contributed by atoms with E-state index in [2.05, 4.69) is 0 Å². The number of rotatable bonds is 11. The van der Waals surface area contributed by atoms with E-state index in [4.69, 9.17) is 0 Å². The third kappa shape index (κ3) is 6.57. The van der Waals surface area contributed by atoms with Gasteiger partial charge in [-0.2, -0.15) is 74.6 Å². The zero-order chi connectivity index (χ0) is 30.0. The summed E-state index contributed by atoms with van der Waals surface area (Å²) in [6, 6.07) is 0. The van der Waals surface area contributed by atoms with Crippen molar-refractivity contribution in [3.8, 4) is 0 Å². The van der Waals surface area contributed by atoms with Gasteiger partial charge in [-0.15, -0.1) is 0 Å². The van der Waals surface area contributed by atoms with Gasteiger partial charge in [0.2, 0.25) is 0 Å². The number of halogens is 17. The van der Waals surface area contributed by atoms with Crippen LogP contribution in [0.5, 0.6) is 0 Å². The van der Waals surface area contributed by atoms with Crippen molar-refractivity contribution in [3.63, 3.8) is 0 Å². The third-order valence-corrected chi connectivity index (χ3v) is 4.80. The molecule has 0 bridgehead atoms. The maximum Gasteiger partial charge on any atom is 0.402 e. The highest BCUT2D eigenvalue weighted by Gasteiger charge is 2.93. The summed E-state index contributed by atoms with van der Waals surface area (Å²) in [6.07, 6.45) is -13.2. The van der Waals surface area contributed by atoms with Crippen molar-refractivity contribution in [1.82, 2.24) is 0 Å². The molecule has 0 aromatic carbocycles. The topological polar surface area (TPSA) is 73.8 Å². The van der Waals surface area contributed by atoms with Crippen LogP contribution in [0.4, 0.5) is 74.6 Å². The molecular formula is C14H16F17NO3S. The van der Waals surface area contributed by atoms with Gasteiger partial charge < -0.3 is 9.87 Å². The number of quaternary nitrogens is 1. The largest absolute Gasteiger partial charge is 0.743 e. The number of hydrogen-bond donors (Lipinski definition) is 1. The molecule has 4 nitrogen and oxygen atoms in total. The van der Waals surface area contributed by atoms with Gasteiger partial charge in [-0.05, 0) is 12.8 Å². The van der Waals surface area contributed by atoms with Crippen LogP contribution in [0.3, 0.4) is 0 Å². The van der Waals surface area contributed by atoms with Crippen LogP contribution in [0.1, 0.15) is 25.7 Å². The van der Waals surface area contributed by atoms with Crippen molar-refractivity contribution in [3.05, 3.63) is 0 Å². The van der Waals surface area contributed by atoms with Gasteiger partial charge in [-0.3, -0.25) is 0 Å². The minimum atomic E-state index is -8.59. The van der Waals surface area contributed by atoms with Crippen molar-refractivity contribution in [2.75, 3.05) is 14.1 Å². The fourth-order valence-corrected chi connectivity index (χ4v) is 2.43. The lowest BCUT2D eigenvalue weighted by Gasteiger charge is -2.42. The molecule has 0 aromatic heterocycles. The Hall–Kier alpha value is -1.32. The highest BCUT2D eigenvalue weighted by molar-refractivity contribution is 7.86. The van der Waals surface area contributed by atoms with Gasteiger partial charge >= 0.3 is 47.0 Å². The Bertz CT molecular complexity index is 823. The summed E-state index contributed by atoms with van der Waals surface area (Å²) < 4.78 is 251. The lowest BCUT2D eigenvalue weighted by Crippen LogP contribution is -2.74. The molecule has 0 amide bonds. The molecule has 22 heteroatoms. The normalized spacial score (nSPS) is 15.4. The summed E-state index contributed by atoms with van der Waals surface area (Å²) >= 11 is 0. The van der Waals surface area contributed by atoms with Gasteiger partial charge in [0.15, 0.2) is 10.1 Å². The average molecular weight is 601 g/mol. The predicted molar refractivity (Wildman–Crippen MR) is 82.6 cm³/mol. The molecule has 0 fully saturated rings. The summed E-state index contributed by atoms with van der Waals surface area (Å²) in [4.78, 5) is 0. The van der Waals surface area contributed by atoms with E-state index >= 15 is 0 Å². The van der Waals surface area contributed by atoms with Crippen LogP contribution in [-0.4, -0.2) is 74.0 Å². The molecule has 36 heavy (non-hydrogen) atoms. The summed E-state index contributed by atoms with van der Waals surface area (Å²) in [5, 5.41) is -5.83. The Morgan fingerprint density at radius 2 is 0.833 bits per heavy atom. The molecule has 0 unspecified atom stereocenters. The second kappa shape index (κ2) is 10.8. The second-order valence-corrected chi connectivity index (χ2v) is 8.37. The molecule has 0 radical (unpaired) electrons. The molecule has 2 N–H and O–H groups in total. The number of unbranched alkanes of at least 4 members (excludes halogenated alkanes) is 1. The molecule has 220 valence electrons. The first-order chi connectivity index (χ1) is 15.4. The fourth-order valence-electron chi connectivity index (χ4n) is 1.99. The maximum absolute atomic E-state index is 13.4. The smallest absolute Gasteiger partial charge is 0.402 e. The Morgan fingerprint density at radius 1 is 0.556 bits per heavy atom. The Kier molecular flexibility index (Phi) is 11.1. The molecule has 0 saturated carbocycles. The van der Waals surface area contributed by atoms with E-state index in [0.717, 1.165) is 0 Å². The number of hydrogen-bond acceptors (Lipinski definition) is 3. The summed E-state index contributed by atoms with van der Waals surface area (Å²) in [7, 11) is -4.06. The van der Waals surface area contributed by atoms with E-state index in [1.807, 2.05) is 19.4 Å². The number of nitrogens with two attached hydrogens (primary N) is 1. The van der Waals surface area contributed by atoms with Crippen LogP contribution in [0.15, 0.2) is 0 Å². The van der Waals surface area contributed by atoms with Gasteiger partial charge in [-0.1, -0.05) is 0 Å². The van der Waals surface area contributed by atoms with Crippen LogP contribution in [-0.2, 0) is 10.1 Å². The Morgan fingerprint density at radius 3 is 1.14 bits per heavy atom. The van der Waals surface area contributed by atoms with Gasteiger partial charge in [0.05, 0.1) is 14.1 Å². The SMILES string of the molecule is C[NH2+]C.O=S(=O)([O-])C(F)(F)C(F)(F)C(F)(F)C(F)(F)C(F)(F)C(F)(F)C(F)(F)CCCCC(F)(F)F. The molecule has 0 spiro atoms. The molecule has 0 aliphatic carbocycles. The molecule has 0 aromatic rings. The van der Waals surface area contributed by atoms with Crippen LogP contribution in [0.25, 0.3) is 0 Å². The van der Waals surface area contributed by atoms with Crippen molar-refractivity contribution >= 4 is 10.1 Å². The van der Waals surface area contributed by atoms with Crippen LogP contribution >= 0.6 is 0 Å². The average Bonchev–Trinajstić information content (AvgIpc) is 2.63. The van der Waals surface area contributed by atoms with E-state index in [1.54, 1.807) is 0 Å². The van der Waals surface area contributed by atoms with Crippen molar-refractivity contribution < 1.29 is 92.9 Å². The van der Waals surface area contributed by atoms with Gasteiger partial charge in [0, 0.05) is 12.8 Å². The predicted octanol–water partition coefficient (Wildman–Crippen LogP) is 4.87. The molecule has 0 aliphatic heterocycles. The van der Waals surface area contributed by atoms with E-state index < -0.39 is 82.8 Å². The van der Waals surface area contributed by atoms with Crippen molar-refractivity contribution in [2.24, 2.45) is 0 Å². The first-order valence-electron chi connectivity index (χ1n) is 8.78. The first kappa shape index (κ1) is 36.8. The quantitative estimate of drug-likeness (QED) is 0.209. The standard InChI is InChI=1S/C12H9F17O3S.C2H7N/c13-5(14,3-1-2-4-6(15,16)17)7(18,19)8(20,21)9(22,23)10(24,25)11(26,27)12(28,29)33(30,31)32;1-3-2/h1-4H2,(H,30,31,32);3H,1-2H3. The van der Waals surface area contributed by atoms with Gasteiger partial charge in [0.25, 0.3) is 0 Å². The van der Waals surface area contributed by atoms with E-state index in [9.17, 15) is 87.6 Å². The van der Waals surface area contributed by atoms with E-state index in [1.165, 1.54) is 0 Å². The maximum atomic E-state index is 13.4. The zero-order valence-corrected chi connectivity index (χ0v) is 18.3. The minimum absolute atomic E-state index is 1.50. The van der Waals surface area contributed by atoms with Crippen LogP contribution in [0.2, 0.25) is 0 Å². The summed E-state index contributed by atoms with van der Waals surface area (Å²) in [5.41, 5.74) is 0. The Balaban J connectivity index is 0. The monoisotopic (exact) mass is 601 g/mol. The molecular weight excluding hydrogens is 585 g/mol. The summed E-state index contributed by atoms with van der Waals surface area (Å²) in [6.45, 7) is 0. The van der Waals surface area contributed by atoms with Crippen molar-refractivity contribution in [1.29, 1.82) is 0 Å². The van der Waals surface area contributed by atoms with Gasteiger partial charge in [0.1, 0.15) is 0 Å². The zero-order valence-electron chi connectivity index (χ0n) is 17.5. The molecule has 0 rings (SSSR count). The second-order valence-electron chi connectivity index (χ2n) is 6.95. The highest BCUT2D eigenvalue weighted by atomic mass is 32.2.